The van der Waals surface area contributed by atoms with Gasteiger partial charge in [0, 0.05) is 77.1 Å². The number of aromatic nitrogens is 3. The van der Waals surface area contributed by atoms with Gasteiger partial charge in [-0.1, -0.05) is 17.9 Å². The zero-order valence-corrected chi connectivity index (χ0v) is 26.3. The number of carbonyl (C=O) groups is 2. The second-order valence-corrected chi connectivity index (χ2v) is 14.3. The first kappa shape index (κ1) is 30.7. The number of H-pyrrole nitrogens is 1. The highest BCUT2D eigenvalue weighted by Crippen LogP contribution is 2.53. The topological polar surface area (TPSA) is 108 Å². The molecule has 46 heavy (non-hydrogen) atoms. The number of thiazole rings is 1. The largest absolute Gasteiger partial charge is 0.417 e. The number of anilines is 1. The number of nitrogens with zero attached hydrogens (tertiary/aromatic N) is 4. The molecule has 15 heteroatoms. The third-order valence-electron chi connectivity index (χ3n) is 9.11. The average Bonchev–Trinajstić information content (AvgIpc) is 3.28. The molecule has 0 radical (unpaired) electrons. The number of hydrogen-bond acceptors (Lipinski definition) is 8. The van der Waals surface area contributed by atoms with Crippen LogP contribution in [0.25, 0.3) is 32.2 Å². The van der Waals surface area contributed by atoms with Gasteiger partial charge in [0.2, 0.25) is 5.91 Å². The maximum absolute atomic E-state index is 15.2. The summed E-state index contributed by atoms with van der Waals surface area (Å²) in [4.78, 5) is 60.7. The van der Waals surface area contributed by atoms with E-state index in [9.17, 15) is 23.6 Å². The van der Waals surface area contributed by atoms with Crippen LogP contribution in [0.3, 0.4) is 0 Å². The van der Waals surface area contributed by atoms with Gasteiger partial charge < -0.3 is 14.8 Å². The van der Waals surface area contributed by atoms with Gasteiger partial charge in [-0.3, -0.25) is 19.0 Å². The minimum atomic E-state index is -4.90. The molecule has 1 N–H and O–H groups in total. The van der Waals surface area contributed by atoms with Crippen LogP contribution in [0, 0.1) is 11.2 Å². The van der Waals surface area contributed by atoms with E-state index in [0.29, 0.717) is 11.3 Å². The number of hydrogen-bond donors (Lipinski definition) is 1. The predicted molar refractivity (Wildman–Crippen MR) is 168 cm³/mol. The van der Waals surface area contributed by atoms with Crippen molar-refractivity contribution in [1.29, 1.82) is 0 Å². The van der Waals surface area contributed by atoms with E-state index in [-0.39, 0.29) is 105 Å². The third kappa shape index (κ3) is 4.69. The summed E-state index contributed by atoms with van der Waals surface area (Å²) in [5, 5.41) is 0.0981. The van der Waals surface area contributed by atoms with Crippen molar-refractivity contribution < 1.29 is 27.2 Å². The number of aromatic amines is 1. The van der Waals surface area contributed by atoms with Gasteiger partial charge in [-0.05, 0) is 38.1 Å². The van der Waals surface area contributed by atoms with Gasteiger partial charge in [-0.2, -0.15) is 18.2 Å². The second kappa shape index (κ2) is 10.5. The minimum Gasteiger partial charge on any atom is -0.352 e. The normalized spacial score (nSPS) is 21.1. The molecule has 0 unspecified atom stereocenters. The highest BCUT2D eigenvalue weighted by Gasteiger charge is 2.47. The first-order valence-electron chi connectivity index (χ1n) is 14.6. The van der Waals surface area contributed by atoms with Gasteiger partial charge in [-0.15, -0.1) is 11.8 Å². The Morgan fingerprint density at radius 1 is 1.15 bits per heavy atom. The molecule has 0 bridgehead atoms. The Morgan fingerprint density at radius 2 is 1.85 bits per heavy atom. The summed E-state index contributed by atoms with van der Waals surface area (Å²) in [6.07, 6.45) is -3.33. The molecule has 1 saturated heterocycles. The number of Topliss-reactive ketones (excluding diaryl/α,β-unsaturated/α-hetero) is 1. The Balaban J connectivity index is 1.55. The molecule has 240 valence electrons. The van der Waals surface area contributed by atoms with Crippen LogP contribution in [0.1, 0.15) is 32.3 Å². The molecule has 2 aliphatic heterocycles. The molecule has 2 atom stereocenters. The molecular weight excluding hydrogens is 646 g/mol. The minimum absolute atomic E-state index is 0.00245. The molecule has 4 heterocycles. The summed E-state index contributed by atoms with van der Waals surface area (Å²) in [6.45, 7) is 7.68. The number of alkyl halides is 3. The molecule has 7 rings (SSSR count). The van der Waals surface area contributed by atoms with Gasteiger partial charge in [0.15, 0.2) is 0 Å². The van der Waals surface area contributed by atoms with Gasteiger partial charge in [0.25, 0.3) is 0 Å². The Morgan fingerprint density at radius 3 is 2.48 bits per heavy atom. The van der Waals surface area contributed by atoms with E-state index in [1.165, 1.54) is 16.7 Å². The first-order valence-corrected chi connectivity index (χ1v) is 16.4. The Labute approximate surface area is 266 Å². The Bertz CT molecular complexity index is 2100. The van der Waals surface area contributed by atoms with Gasteiger partial charge in [-0.25, -0.2) is 9.18 Å². The van der Waals surface area contributed by atoms with Crippen LogP contribution in [-0.2, 0) is 22.3 Å². The fourth-order valence-electron chi connectivity index (χ4n) is 7.26. The molecule has 3 aliphatic rings. The van der Waals surface area contributed by atoms with Crippen LogP contribution in [0.5, 0.6) is 0 Å². The molecule has 2 aromatic carbocycles. The average molecular weight is 674 g/mol. The number of thioether (sulfide) groups is 1. The van der Waals surface area contributed by atoms with Crippen LogP contribution in [0.15, 0.2) is 45.3 Å². The molecule has 2 aromatic heterocycles. The van der Waals surface area contributed by atoms with Gasteiger partial charge in [0.05, 0.1) is 21.3 Å². The summed E-state index contributed by atoms with van der Waals surface area (Å²) in [5.41, 5.74) is -2.48. The lowest BCUT2D eigenvalue weighted by atomic mass is 9.69. The zero-order chi connectivity index (χ0) is 32.9. The third-order valence-corrected chi connectivity index (χ3v) is 11.4. The number of rotatable bonds is 3. The lowest BCUT2D eigenvalue weighted by Gasteiger charge is -2.44. The lowest BCUT2D eigenvalue weighted by Crippen LogP contribution is -2.58. The Hall–Kier alpha value is -3.98. The van der Waals surface area contributed by atoms with Crippen LogP contribution < -0.4 is 15.5 Å². The first-order chi connectivity index (χ1) is 21.7. The van der Waals surface area contributed by atoms with Crippen LogP contribution in [-0.4, -0.2) is 62.1 Å². The number of amides is 1. The molecule has 1 aliphatic carbocycles. The van der Waals surface area contributed by atoms with Crippen molar-refractivity contribution in [3.8, 4) is 11.1 Å². The summed E-state index contributed by atoms with van der Waals surface area (Å²) >= 11 is 1.69. The maximum Gasteiger partial charge on any atom is 0.417 e. The number of nitrogens with one attached hydrogen (secondary N) is 1. The van der Waals surface area contributed by atoms with E-state index < -0.39 is 33.5 Å². The summed E-state index contributed by atoms with van der Waals surface area (Å²) in [5.74, 6) is -0.697. The van der Waals surface area contributed by atoms with Gasteiger partial charge >= 0.3 is 16.7 Å². The number of carbonyl (C=O) groups excluding carboxylic acids is 2. The number of fused-ring (bicyclic) bond motifs is 1. The van der Waals surface area contributed by atoms with E-state index in [4.69, 9.17) is 0 Å². The number of piperazine rings is 1. The summed E-state index contributed by atoms with van der Waals surface area (Å²) in [6, 6.07) is 2.49. The van der Waals surface area contributed by atoms with E-state index in [1.807, 2.05) is 0 Å². The predicted octanol–water partition coefficient (Wildman–Crippen LogP) is 5.19. The molecule has 1 spiro atoms. The fraction of sp³-hybridized carbons (Fsp3) is 0.387. The smallest absolute Gasteiger partial charge is 0.352 e. The lowest BCUT2D eigenvalue weighted by molar-refractivity contribution is -0.137. The van der Waals surface area contributed by atoms with Crippen LogP contribution in [0.2, 0.25) is 0 Å². The quantitative estimate of drug-likeness (QED) is 0.236. The monoisotopic (exact) mass is 673 g/mol. The van der Waals surface area contributed by atoms with Crippen molar-refractivity contribution in [2.24, 2.45) is 5.41 Å². The van der Waals surface area contributed by atoms with Crippen molar-refractivity contribution in [1.82, 2.24) is 19.4 Å². The van der Waals surface area contributed by atoms with Crippen molar-refractivity contribution in [3.05, 3.63) is 62.4 Å². The van der Waals surface area contributed by atoms with E-state index in [0.717, 1.165) is 23.9 Å². The summed E-state index contributed by atoms with van der Waals surface area (Å²) < 4.78 is 61.5. The second-order valence-electron chi connectivity index (χ2n) is 12.4. The van der Waals surface area contributed by atoms with E-state index in [1.54, 1.807) is 23.6 Å². The SMILES string of the molecule is C=CC(=O)N1[C@H](C)CN(c2nc(=O)n3c4c(c(-c5ccc(F)c6sc(=O)[nH]c56)c(C(F)(F)F)cc24)SCC2(CC(=O)C2)C3)C[C@@H]1C. The molecule has 4 aromatic rings. The summed E-state index contributed by atoms with van der Waals surface area (Å²) in [7, 11) is 0. The number of benzene rings is 2. The molecule has 9 nitrogen and oxygen atoms in total. The zero-order valence-electron chi connectivity index (χ0n) is 24.7. The number of halogens is 4. The van der Waals surface area contributed by atoms with Crippen LogP contribution >= 0.6 is 23.1 Å². The maximum atomic E-state index is 15.2. The molecule has 1 amide bonds. The molecule has 1 saturated carbocycles. The van der Waals surface area contributed by atoms with Crippen molar-refractivity contribution in [3.63, 3.8) is 0 Å². The Kier molecular flexibility index (Phi) is 7.01. The van der Waals surface area contributed by atoms with Gasteiger partial charge in [0.1, 0.15) is 17.4 Å². The van der Waals surface area contributed by atoms with Crippen molar-refractivity contribution in [2.75, 3.05) is 23.7 Å². The van der Waals surface area contributed by atoms with Crippen molar-refractivity contribution in [2.45, 2.75) is 56.4 Å². The molecule has 2 fully saturated rings. The highest BCUT2D eigenvalue weighted by atomic mass is 32.2. The standard InChI is InChI=1S/C31H27F4N5O4S2/c1-4-21(42)40-14(2)10-38(11-15(40)3)27-18-7-19(31(33,34)35)22(17-5-6-20(32)25-23(17)36-29(44)46-25)26-24(18)39(28(43)37-27)12-30(13-45-26)8-16(41)9-30/h4-7,14-15H,1,8-13H2,2-3H3,(H,36,44)/t14-,15+. The van der Waals surface area contributed by atoms with E-state index in [2.05, 4.69) is 16.5 Å². The number of ketones is 1. The fourth-order valence-corrected chi connectivity index (χ4v) is 9.50. The van der Waals surface area contributed by atoms with E-state index >= 15 is 13.2 Å². The molecular formula is C31H27F4N5O4S2. The van der Waals surface area contributed by atoms with Crippen molar-refractivity contribution >= 4 is 61.7 Å². The van der Waals surface area contributed by atoms with Crippen LogP contribution in [0.4, 0.5) is 23.4 Å². The highest BCUT2D eigenvalue weighted by molar-refractivity contribution is 7.99.